The second-order valence-corrected chi connectivity index (χ2v) is 26.5. The SMILES string of the molecule is CCCCCCCCCCCCCCCC(=O)O[C@H](COC(=O)CCCCCCCCC(C)CC)COP(=O)(O)OC[C@@H](O)COP(=O)(O)OC[C@@H](COC(=O)CCCCCCCCC(C)C)OC(=O)CCCCCCCCC(C)C. The Morgan fingerprint density at radius 1 is 0.358 bits per heavy atom. The Morgan fingerprint density at radius 2 is 0.630 bits per heavy atom. The van der Waals surface area contributed by atoms with E-state index in [0.717, 1.165) is 109 Å². The molecule has 0 saturated carbocycles. The number of hydrogen-bond acceptors (Lipinski definition) is 15. The lowest BCUT2D eigenvalue weighted by Gasteiger charge is -2.21. The number of rotatable bonds is 60. The van der Waals surface area contributed by atoms with Crippen molar-refractivity contribution in [2.24, 2.45) is 17.8 Å². The molecule has 3 unspecified atom stereocenters. The fraction of sp³-hybridized carbons (Fsp3) is 0.935. The van der Waals surface area contributed by atoms with Crippen molar-refractivity contribution in [2.45, 2.75) is 317 Å². The molecule has 0 aliphatic heterocycles. The number of hydrogen-bond donors (Lipinski definition) is 3. The smallest absolute Gasteiger partial charge is 0.462 e. The Bertz CT molecular complexity index is 1620. The number of carbonyl (C=O) groups is 4. The molecule has 0 aromatic rings. The lowest BCUT2D eigenvalue weighted by atomic mass is 10.00. The third kappa shape index (κ3) is 55.7. The summed E-state index contributed by atoms with van der Waals surface area (Å²) in [5.41, 5.74) is 0. The first-order chi connectivity index (χ1) is 38.8. The van der Waals surface area contributed by atoms with Crippen LogP contribution in [0.3, 0.4) is 0 Å². The zero-order valence-corrected chi connectivity index (χ0v) is 54.0. The number of aliphatic hydroxyl groups is 1. The highest BCUT2D eigenvalue weighted by Gasteiger charge is 2.30. The quantitative estimate of drug-likeness (QED) is 0.0222. The fourth-order valence-corrected chi connectivity index (χ4v) is 10.7. The Kier molecular flexibility index (Phi) is 52.2. The molecular weight excluding hydrogens is 1080 g/mol. The van der Waals surface area contributed by atoms with Crippen LogP contribution >= 0.6 is 15.6 Å². The molecule has 6 atom stereocenters. The first kappa shape index (κ1) is 79.1. The number of aliphatic hydroxyl groups excluding tert-OH is 1. The van der Waals surface area contributed by atoms with Gasteiger partial charge in [0.2, 0.25) is 0 Å². The maximum absolute atomic E-state index is 13.0. The van der Waals surface area contributed by atoms with Crippen LogP contribution in [0.5, 0.6) is 0 Å². The molecule has 0 aromatic carbocycles. The maximum atomic E-state index is 13.0. The monoisotopic (exact) mass is 1200 g/mol. The van der Waals surface area contributed by atoms with E-state index >= 15 is 0 Å². The van der Waals surface area contributed by atoms with E-state index in [9.17, 15) is 43.2 Å². The molecule has 0 amide bonds. The van der Waals surface area contributed by atoms with Crippen molar-refractivity contribution in [1.29, 1.82) is 0 Å². The van der Waals surface area contributed by atoms with Gasteiger partial charge in [-0.15, -0.1) is 0 Å². The van der Waals surface area contributed by atoms with Crippen LogP contribution < -0.4 is 0 Å². The van der Waals surface area contributed by atoms with Crippen LogP contribution in [-0.4, -0.2) is 96.7 Å². The molecule has 0 aliphatic carbocycles. The van der Waals surface area contributed by atoms with Gasteiger partial charge in [0.1, 0.15) is 19.3 Å². The van der Waals surface area contributed by atoms with E-state index in [0.29, 0.717) is 37.5 Å². The van der Waals surface area contributed by atoms with Gasteiger partial charge in [0.15, 0.2) is 12.2 Å². The van der Waals surface area contributed by atoms with Gasteiger partial charge in [0.05, 0.1) is 26.4 Å². The standard InChI is InChI=1S/C62H120O17P2/c1-8-10-11-12-13-14-15-16-17-18-19-31-38-45-61(66)78-57(49-73-60(65)44-37-30-25-22-28-35-42-55(7)9-2)51-76-80(68,69)74-47-56(63)48-75-81(70,71)77-52-58(79-62(67)46-39-32-24-21-27-34-41-54(5)6)50-72-59(64)43-36-29-23-20-26-33-40-53(3)4/h53-58,63H,8-52H2,1-7H3,(H,68,69)(H,70,71)/t55?,56-,57-,58-/m1/s1. The number of esters is 4. The van der Waals surface area contributed by atoms with E-state index in [1.165, 1.54) is 96.3 Å². The highest BCUT2D eigenvalue weighted by atomic mass is 31.2. The van der Waals surface area contributed by atoms with Gasteiger partial charge in [-0.05, 0) is 43.4 Å². The van der Waals surface area contributed by atoms with Crippen molar-refractivity contribution in [3.63, 3.8) is 0 Å². The minimum Gasteiger partial charge on any atom is -0.462 e. The van der Waals surface area contributed by atoms with Gasteiger partial charge in [-0.25, -0.2) is 9.13 Å². The van der Waals surface area contributed by atoms with Gasteiger partial charge < -0.3 is 33.8 Å². The summed E-state index contributed by atoms with van der Waals surface area (Å²) in [6.07, 6.45) is 33.8. The molecule has 0 fully saturated rings. The Hall–Kier alpha value is -1.94. The van der Waals surface area contributed by atoms with Crippen molar-refractivity contribution in [1.82, 2.24) is 0 Å². The number of phosphoric ester groups is 2. The van der Waals surface area contributed by atoms with Crippen LogP contribution in [0.4, 0.5) is 0 Å². The normalized spacial score (nSPS) is 14.8. The Morgan fingerprint density at radius 3 is 0.938 bits per heavy atom. The number of ether oxygens (including phenoxy) is 4. The topological polar surface area (TPSA) is 237 Å². The average molecular weight is 1200 g/mol. The molecule has 17 nitrogen and oxygen atoms in total. The summed E-state index contributed by atoms with van der Waals surface area (Å²) in [5.74, 6) is -0.0645. The summed E-state index contributed by atoms with van der Waals surface area (Å²) in [6, 6.07) is 0. The highest BCUT2D eigenvalue weighted by Crippen LogP contribution is 2.45. The van der Waals surface area contributed by atoms with Crippen molar-refractivity contribution in [2.75, 3.05) is 39.6 Å². The lowest BCUT2D eigenvalue weighted by Crippen LogP contribution is -2.30. The van der Waals surface area contributed by atoms with Gasteiger partial charge in [-0.3, -0.25) is 37.3 Å². The molecule has 0 aromatic heterocycles. The zero-order chi connectivity index (χ0) is 60.3. The van der Waals surface area contributed by atoms with Crippen LogP contribution in [0.15, 0.2) is 0 Å². The highest BCUT2D eigenvalue weighted by molar-refractivity contribution is 7.47. The van der Waals surface area contributed by atoms with Gasteiger partial charge in [-0.2, -0.15) is 0 Å². The summed E-state index contributed by atoms with van der Waals surface area (Å²) < 4.78 is 67.8. The Labute approximate surface area is 492 Å². The Balaban J connectivity index is 5.24. The molecule has 0 aliphatic rings. The molecule has 3 N–H and O–H groups in total. The minimum atomic E-state index is -4.94. The van der Waals surface area contributed by atoms with E-state index in [4.69, 9.17) is 37.0 Å². The van der Waals surface area contributed by atoms with Gasteiger partial charge >= 0.3 is 39.5 Å². The fourth-order valence-electron chi connectivity index (χ4n) is 9.09. The molecule has 0 saturated heterocycles. The van der Waals surface area contributed by atoms with Gasteiger partial charge in [0, 0.05) is 25.7 Å². The number of unbranched alkanes of at least 4 members (excludes halogenated alkanes) is 27. The molecule has 0 spiro atoms. The molecule has 0 bridgehead atoms. The van der Waals surface area contributed by atoms with Crippen molar-refractivity contribution < 1.29 is 80.2 Å². The number of carbonyl (C=O) groups excluding carboxylic acids is 4. The summed E-state index contributed by atoms with van der Waals surface area (Å²) in [6.45, 7) is 11.6. The minimum absolute atomic E-state index is 0.101. The van der Waals surface area contributed by atoms with E-state index in [2.05, 4.69) is 48.5 Å². The molecule has 19 heteroatoms. The molecule has 0 heterocycles. The van der Waals surface area contributed by atoms with E-state index in [-0.39, 0.29) is 25.7 Å². The third-order valence-corrected chi connectivity index (χ3v) is 16.4. The maximum Gasteiger partial charge on any atom is 0.472 e. The van der Waals surface area contributed by atoms with Crippen LogP contribution in [0.25, 0.3) is 0 Å². The van der Waals surface area contributed by atoms with E-state index in [1.807, 2.05) is 0 Å². The predicted molar refractivity (Wildman–Crippen MR) is 321 cm³/mol. The van der Waals surface area contributed by atoms with E-state index in [1.54, 1.807) is 0 Å². The average Bonchev–Trinajstić information content (AvgIpc) is 3.42. The second kappa shape index (κ2) is 53.5. The first-order valence-corrected chi connectivity index (χ1v) is 35.4. The summed E-state index contributed by atoms with van der Waals surface area (Å²) in [4.78, 5) is 72.0. The van der Waals surface area contributed by atoms with Gasteiger partial charge in [0.25, 0.3) is 0 Å². The summed E-state index contributed by atoms with van der Waals surface area (Å²) >= 11 is 0. The summed E-state index contributed by atoms with van der Waals surface area (Å²) in [7, 11) is -9.88. The molecule has 0 rings (SSSR count). The van der Waals surface area contributed by atoms with Crippen LogP contribution in [0.1, 0.15) is 299 Å². The lowest BCUT2D eigenvalue weighted by molar-refractivity contribution is -0.161. The van der Waals surface area contributed by atoms with Crippen molar-refractivity contribution in [3.8, 4) is 0 Å². The van der Waals surface area contributed by atoms with Crippen molar-refractivity contribution >= 4 is 39.5 Å². The molecule has 81 heavy (non-hydrogen) atoms. The van der Waals surface area contributed by atoms with Crippen LogP contribution in [-0.2, 0) is 65.4 Å². The van der Waals surface area contributed by atoms with Gasteiger partial charge in [-0.1, -0.05) is 248 Å². The van der Waals surface area contributed by atoms with Crippen LogP contribution in [0.2, 0.25) is 0 Å². The van der Waals surface area contributed by atoms with Crippen LogP contribution in [0, 0.1) is 17.8 Å². The zero-order valence-electron chi connectivity index (χ0n) is 52.2. The molecule has 480 valence electrons. The first-order valence-electron chi connectivity index (χ1n) is 32.4. The van der Waals surface area contributed by atoms with E-state index < -0.39 is 97.5 Å². The number of phosphoric acid groups is 2. The summed E-state index contributed by atoms with van der Waals surface area (Å²) in [5, 5.41) is 10.5. The molecule has 0 radical (unpaired) electrons. The predicted octanol–water partition coefficient (Wildman–Crippen LogP) is 16.7. The second-order valence-electron chi connectivity index (χ2n) is 23.6. The molecular formula is C62H120O17P2. The van der Waals surface area contributed by atoms with Crippen molar-refractivity contribution in [3.05, 3.63) is 0 Å². The largest absolute Gasteiger partial charge is 0.472 e. The third-order valence-electron chi connectivity index (χ3n) is 14.5.